The van der Waals surface area contributed by atoms with Crippen LogP contribution in [-0.2, 0) is 4.79 Å². The molecule has 1 aliphatic heterocycles. The largest absolute Gasteiger partial charge is 0.342 e. The zero-order chi connectivity index (χ0) is 12.0. The predicted octanol–water partition coefficient (Wildman–Crippen LogP) is 3.22. The Bertz CT molecular complexity index is 305. The van der Waals surface area contributed by atoms with E-state index in [0.29, 0.717) is 12.3 Å². The number of nitrogens with zero attached hydrogens (tertiary/aromatic N) is 1. The molecule has 0 aromatic rings. The first-order valence-corrected chi connectivity index (χ1v) is 6.83. The van der Waals surface area contributed by atoms with Crippen molar-refractivity contribution in [3.8, 4) is 0 Å². The molecule has 1 heterocycles. The number of halogens is 2. The third-order valence-corrected chi connectivity index (χ3v) is 5.21. The Hall–Kier alpha value is 0.0500. The van der Waals surface area contributed by atoms with Crippen LogP contribution in [0, 0.1) is 11.3 Å². The Morgan fingerprint density at radius 1 is 1.50 bits per heavy atom. The molecule has 2 nitrogen and oxygen atoms in total. The zero-order valence-electron chi connectivity index (χ0n) is 9.93. The first-order chi connectivity index (χ1) is 7.40. The number of piperidine rings is 1. The molecule has 1 amide bonds. The van der Waals surface area contributed by atoms with E-state index in [2.05, 4.69) is 6.92 Å². The Labute approximate surface area is 107 Å². The lowest BCUT2D eigenvalue weighted by atomic mass is 9.94. The van der Waals surface area contributed by atoms with Gasteiger partial charge < -0.3 is 4.90 Å². The maximum absolute atomic E-state index is 12.3. The van der Waals surface area contributed by atoms with E-state index in [1.54, 1.807) is 0 Å². The van der Waals surface area contributed by atoms with Gasteiger partial charge in [0.05, 0.1) is 5.41 Å². The van der Waals surface area contributed by atoms with Gasteiger partial charge in [-0.1, -0.05) is 13.3 Å². The van der Waals surface area contributed by atoms with Crippen LogP contribution in [0.3, 0.4) is 0 Å². The highest BCUT2D eigenvalue weighted by Crippen LogP contribution is 2.64. The van der Waals surface area contributed by atoms with Gasteiger partial charge in [0.15, 0.2) is 0 Å². The van der Waals surface area contributed by atoms with Crippen LogP contribution in [0.1, 0.15) is 39.5 Å². The van der Waals surface area contributed by atoms with Crippen LogP contribution in [0.15, 0.2) is 0 Å². The van der Waals surface area contributed by atoms with Crippen LogP contribution < -0.4 is 0 Å². The van der Waals surface area contributed by atoms with Crippen molar-refractivity contribution in [1.82, 2.24) is 4.90 Å². The van der Waals surface area contributed by atoms with Gasteiger partial charge in [0.2, 0.25) is 5.91 Å². The lowest BCUT2D eigenvalue weighted by Gasteiger charge is -2.34. The zero-order valence-corrected chi connectivity index (χ0v) is 11.4. The number of hydrogen-bond acceptors (Lipinski definition) is 1. The minimum Gasteiger partial charge on any atom is -0.342 e. The lowest BCUT2D eigenvalue weighted by molar-refractivity contribution is -0.138. The molecule has 16 heavy (non-hydrogen) atoms. The summed E-state index contributed by atoms with van der Waals surface area (Å²) in [5.74, 6) is 0.802. The Morgan fingerprint density at radius 3 is 2.62 bits per heavy atom. The number of carbonyl (C=O) groups excluding carboxylic acids is 1. The third kappa shape index (κ3) is 1.95. The van der Waals surface area contributed by atoms with Gasteiger partial charge in [0.25, 0.3) is 0 Å². The lowest BCUT2D eigenvalue weighted by Crippen LogP contribution is -2.44. The van der Waals surface area contributed by atoms with Crippen LogP contribution in [0.2, 0.25) is 0 Å². The molecule has 1 saturated heterocycles. The predicted molar refractivity (Wildman–Crippen MR) is 66.8 cm³/mol. The van der Waals surface area contributed by atoms with Crippen LogP contribution >= 0.6 is 23.2 Å². The molecule has 2 fully saturated rings. The van der Waals surface area contributed by atoms with E-state index in [0.717, 1.165) is 25.9 Å². The van der Waals surface area contributed by atoms with Gasteiger partial charge in [-0.2, -0.15) is 0 Å². The second-order valence-electron chi connectivity index (χ2n) is 5.38. The van der Waals surface area contributed by atoms with Crippen molar-refractivity contribution in [2.75, 3.05) is 13.1 Å². The van der Waals surface area contributed by atoms with Crippen LogP contribution in [0.4, 0.5) is 0 Å². The molecule has 0 spiro atoms. The van der Waals surface area contributed by atoms with Gasteiger partial charge in [-0.3, -0.25) is 4.79 Å². The fraction of sp³-hybridized carbons (Fsp3) is 0.917. The first kappa shape index (κ1) is 12.5. The molecule has 92 valence electrons. The minimum atomic E-state index is -0.830. The summed E-state index contributed by atoms with van der Waals surface area (Å²) in [7, 11) is 0. The normalized spacial score (nSPS) is 37.2. The van der Waals surface area contributed by atoms with Gasteiger partial charge in [-0.15, -0.1) is 23.2 Å². The maximum atomic E-state index is 12.3. The number of alkyl halides is 2. The van der Waals surface area contributed by atoms with Gasteiger partial charge in [-0.05, 0) is 32.1 Å². The van der Waals surface area contributed by atoms with E-state index in [4.69, 9.17) is 23.2 Å². The Kier molecular flexibility index (Phi) is 3.17. The van der Waals surface area contributed by atoms with Crippen molar-refractivity contribution < 1.29 is 4.79 Å². The standard InChI is InChI=1S/C12H19Cl2NO/c1-3-9-5-4-6-15(7-9)10(16)11(2)8-12(11,13)14/h9H,3-8H2,1-2H3/t9-,11-/m1/s1. The molecule has 2 aliphatic rings. The molecule has 1 aliphatic carbocycles. The SMILES string of the molecule is CC[C@@H]1CCCN(C(=O)[C@@]2(C)CC2(Cl)Cl)C1. The fourth-order valence-corrected chi connectivity index (χ4v) is 3.26. The van der Waals surface area contributed by atoms with E-state index in [1.165, 1.54) is 6.42 Å². The monoisotopic (exact) mass is 263 g/mol. The summed E-state index contributed by atoms with van der Waals surface area (Å²) in [6, 6.07) is 0. The highest BCUT2D eigenvalue weighted by molar-refractivity contribution is 6.53. The van der Waals surface area contributed by atoms with Crippen LogP contribution in [0.5, 0.6) is 0 Å². The number of likely N-dealkylation sites (tertiary alicyclic amines) is 1. The molecule has 1 saturated carbocycles. The van der Waals surface area contributed by atoms with Crippen LogP contribution in [0.25, 0.3) is 0 Å². The quantitative estimate of drug-likeness (QED) is 0.701. The topological polar surface area (TPSA) is 20.3 Å². The molecule has 0 unspecified atom stereocenters. The first-order valence-electron chi connectivity index (χ1n) is 6.08. The molecule has 0 radical (unpaired) electrons. The molecule has 0 bridgehead atoms. The van der Waals surface area contributed by atoms with E-state index in [9.17, 15) is 4.79 Å². The summed E-state index contributed by atoms with van der Waals surface area (Å²) in [4.78, 5) is 14.3. The molecule has 2 atom stereocenters. The van der Waals surface area contributed by atoms with Crippen molar-refractivity contribution in [2.45, 2.75) is 43.9 Å². The molecule has 4 heteroatoms. The number of rotatable bonds is 2. The second-order valence-corrected chi connectivity index (χ2v) is 6.86. The molecule has 2 rings (SSSR count). The summed E-state index contributed by atoms with van der Waals surface area (Å²) in [5.41, 5.74) is -0.536. The molecular formula is C12H19Cl2NO. The molecule has 0 N–H and O–H groups in total. The van der Waals surface area contributed by atoms with Crippen molar-refractivity contribution in [2.24, 2.45) is 11.3 Å². The summed E-state index contributed by atoms with van der Waals surface area (Å²) < 4.78 is -0.830. The van der Waals surface area contributed by atoms with Gasteiger partial charge >= 0.3 is 0 Å². The molecular weight excluding hydrogens is 245 g/mol. The van der Waals surface area contributed by atoms with Gasteiger partial charge in [0.1, 0.15) is 4.33 Å². The smallest absolute Gasteiger partial charge is 0.231 e. The van der Waals surface area contributed by atoms with Crippen molar-refractivity contribution >= 4 is 29.1 Å². The second kappa shape index (κ2) is 4.06. The van der Waals surface area contributed by atoms with E-state index in [1.807, 2.05) is 11.8 Å². The fourth-order valence-electron chi connectivity index (χ4n) is 2.56. The Morgan fingerprint density at radius 2 is 2.12 bits per heavy atom. The highest BCUT2D eigenvalue weighted by Gasteiger charge is 2.68. The molecule has 0 aromatic carbocycles. The van der Waals surface area contributed by atoms with E-state index in [-0.39, 0.29) is 5.91 Å². The van der Waals surface area contributed by atoms with E-state index < -0.39 is 9.75 Å². The van der Waals surface area contributed by atoms with Crippen molar-refractivity contribution in [3.63, 3.8) is 0 Å². The third-order valence-electron chi connectivity index (χ3n) is 4.11. The highest BCUT2D eigenvalue weighted by atomic mass is 35.5. The Balaban J connectivity index is 2.01. The van der Waals surface area contributed by atoms with Crippen molar-refractivity contribution in [1.29, 1.82) is 0 Å². The summed E-state index contributed by atoms with van der Waals surface area (Å²) in [5, 5.41) is 0. The average Bonchev–Trinajstić information content (AvgIpc) is 2.78. The molecule has 0 aromatic heterocycles. The summed E-state index contributed by atoms with van der Waals surface area (Å²) in [6.45, 7) is 5.82. The summed E-state index contributed by atoms with van der Waals surface area (Å²) >= 11 is 12.1. The maximum Gasteiger partial charge on any atom is 0.231 e. The van der Waals surface area contributed by atoms with Gasteiger partial charge in [0, 0.05) is 13.1 Å². The number of amides is 1. The number of carbonyl (C=O) groups is 1. The average molecular weight is 264 g/mol. The van der Waals surface area contributed by atoms with Crippen LogP contribution in [-0.4, -0.2) is 28.2 Å². The number of hydrogen-bond donors (Lipinski definition) is 0. The minimum absolute atomic E-state index is 0.149. The van der Waals surface area contributed by atoms with Crippen molar-refractivity contribution in [3.05, 3.63) is 0 Å². The summed E-state index contributed by atoms with van der Waals surface area (Å²) in [6.07, 6.45) is 4.09. The van der Waals surface area contributed by atoms with E-state index >= 15 is 0 Å². The van der Waals surface area contributed by atoms with Gasteiger partial charge in [-0.25, -0.2) is 0 Å².